The fourth-order valence-electron chi connectivity index (χ4n) is 1.30. The molecule has 3 N–H and O–H groups in total. The van der Waals surface area contributed by atoms with Gasteiger partial charge in [0.15, 0.2) is 0 Å². The predicted octanol–water partition coefficient (Wildman–Crippen LogP) is 3.06. The highest BCUT2D eigenvalue weighted by atomic mass is 79.9. The van der Waals surface area contributed by atoms with Crippen molar-refractivity contribution in [1.29, 1.82) is 0 Å². The van der Waals surface area contributed by atoms with E-state index in [0.717, 1.165) is 0 Å². The van der Waals surface area contributed by atoms with Crippen molar-refractivity contribution in [2.24, 2.45) is 0 Å². The predicted molar refractivity (Wildman–Crippen MR) is 70.5 cm³/mol. The Morgan fingerprint density at radius 1 is 1.50 bits per heavy atom. The van der Waals surface area contributed by atoms with E-state index in [-0.39, 0.29) is 6.04 Å². The maximum absolute atomic E-state index is 5.64. The number of nitrogens with one attached hydrogen (secondary N) is 1. The highest BCUT2D eigenvalue weighted by Gasteiger charge is 2.08. The maximum Gasteiger partial charge on any atom is 0.226 e. The molecule has 2 heterocycles. The van der Waals surface area contributed by atoms with Crippen LogP contribution in [0.5, 0.6) is 0 Å². The first-order valence-electron chi connectivity index (χ1n) is 4.75. The van der Waals surface area contributed by atoms with Crippen molar-refractivity contribution >= 4 is 39.0 Å². The molecule has 0 aliphatic heterocycles. The van der Waals surface area contributed by atoms with Crippen LogP contribution in [-0.4, -0.2) is 9.97 Å². The first-order chi connectivity index (χ1) is 7.65. The van der Waals surface area contributed by atoms with Crippen molar-refractivity contribution in [2.45, 2.75) is 13.0 Å². The topological polar surface area (TPSA) is 63.8 Å². The molecule has 1 unspecified atom stereocenters. The minimum absolute atomic E-state index is 0.175. The first kappa shape index (κ1) is 11.3. The third-order valence-electron chi connectivity index (χ3n) is 2.03. The van der Waals surface area contributed by atoms with Crippen molar-refractivity contribution in [2.75, 3.05) is 11.1 Å². The molecule has 0 saturated heterocycles. The van der Waals surface area contributed by atoms with Gasteiger partial charge in [0.05, 0.1) is 6.04 Å². The average Bonchev–Trinajstić information content (AvgIpc) is 2.68. The summed E-state index contributed by atoms with van der Waals surface area (Å²) in [5, 5.41) is 5.25. The number of anilines is 2. The van der Waals surface area contributed by atoms with E-state index < -0.39 is 0 Å². The Bertz CT molecular complexity index is 451. The molecule has 1 atom stereocenters. The summed E-state index contributed by atoms with van der Waals surface area (Å²) < 4.78 is 0.681. The maximum atomic E-state index is 5.64. The molecule has 2 rings (SSSR count). The van der Waals surface area contributed by atoms with Crippen LogP contribution in [0.15, 0.2) is 28.2 Å². The van der Waals surface area contributed by atoms with Crippen LogP contribution in [0, 0.1) is 0 Å². The van der Waals surface area contributed by atoms with Crippen molar-refractivity contribution < 1.29 is 0 Å². The summed E-state index contributed by atoms with van der Waals surface area (Å²) >= 11 is 4.98. The zero-order chi connectivity index (χ0) is 11.5. The van der Waals surface area contributed by atoms with Crippen LogP contribution in [0.2, 0.25) is 0 Å². The molecule has 0 radical (unpaired) electrons. The number of nitrogens with zero attached hydrogens (tertiary/aromatic N) is 2. The lowest BCUT2D eigenvalue weighted by Gasteiger charge is -2.12. The lowest BCUT2D eigenvalue weighted by Crippen LogP contribution is -2.09. The van der Waals surface area contributed by atoms with Gasteiger partial charge in [0.25, 0.3) is 0 Å². The molecule has 0 saturated carbocycles. The molecule has 16 heavy (non-hydrogen) atoms. The summed E-state index contributed by atoms with van der Waals surface area (Å²) in [6.45, 7) is 2.06. The normalized spacial score (nSPS) is 12.4. The molecule has 6 heteroatoms. The quantitative estimate of drug-likeness (QED) is 0.855. The lowest BCUT2D eigenvalue weighted by molar-refractivity contribution is 0.879. The molecule has 0 spiro atoms. The first-order valence-corrected chi connectivity index (χ1v) is 6.42. The van der Waals surface area contributed by atoms with Crippen LogP contribution < -0.4 is 11.1 Å². The number of thiophene rings is 1. The van der Waals surface area contributed by atoms with E-state index in [1.54, 1.807) is 17.4 Å². The minimum Gasteiger partial charge on any atom is -0.383 e. The van der Waals surface area contributed by atoms with Crippen LogP contribution in [-0.2, 0) is 0 Å². The highest BCUT2D eigenvalue weighted by Crippen LogP contribution is 2.22. The molecular weight excluding hydrogens is 288 g/mol. The molecular formula is C10H11BrN4S. The average molecular weight is 299 g/mol. The minimum atomic E-state index is 0.175. The monoisotopic (exact) mass is 298 g/mol. The summed E-state index contributed by atoms with van der Waals surface area (Å²) in [6, 6.07) is 5.94. The zero-order valence-electron chi connectivity index (χ0n) is 8.64. The Morgan fingerprint density at radius 2 is 2.31 bits per heavy atom. The van der Waals surface area contributed by atoms with E-state index in [0.29, 0.717) is 16.4 Å². The van der Waals surface area contributed by atoms with Crippen molar-refractivity contribution in [3.8, 4) is 0 Å². The molecule has 4 nitrogen and oxygen atoms in total. The van der Waals surface area contributed by atoms with Crippen LogP contribution in [0.25, 0.3) is 0 Å². The number of nitrogen functional groups attached to an aromatic ring is 1. The standard InChI is InChI=1S/C10H11BrN4S/c1-6(7-3-2-4-16-7)13-10-14-8(11)5-9(12)15-10/h2-6H,1H3,(H3,12,13,14,15). The summed E-state index contributed by atoms with van der Waals surface area (Å²) in [5.41, 5.74) is 5.64. The Morgan fingerprint density at radius 3 is 2.94 bits per heavy atom. The van der Waals surface area contributed by atoms with Gasteiger partial charge in [0.2, 0.25) is 5.95 Å². The number of aromatic nitrogens is 2. The van der Waals surface area contributed by atoms with Crippen LogP contribution in [0.1, 0.15) is 17.8 Å². The van der Waals surface area contributed by atoms with Crippen molar-refractivity contribution in [1.82, 2.24) is 9.97 Å². The van der Waals surface area contributed by atoms with Gasteiger partial charge in [-0.15, -0.1) is 11.3 Å². The number of hydrogen-bond acceptors (Lipinski definition) is 5. The fraction of sp³-hybridized carbons (Fsp3) is 0.200. The summed E-state index contributed by atoms with van der Waals surface area (Å²) in [5.74, 6) is 0.982. The number of nitrogens with two attached hydrogens (primary N) is 1. The van der Waals surface area contributed by atoms with Crippen molar-refractivity contribution in [3.63, 3.8) is 0 Å². The van der Waals surface area contributed by atoms with Crippen LogP contribution in [0.3, 0.4) is 0 Å². The second-order valence-electron chi connectivity index (χ2n) is 3.32. The molecule has 2 aromatic heterocycles. The van der Waals surface area contributed by atoms with Crippen LogP contribution >= 0.6 is 27.3 Å². The molecule has 84 valence electrons. The molecule has 0 fully saturated rings. The lowest BCUT2D eigenvalue weighted by atomic mass is 10.3. The summed E-state index contributed by atoms with van der Waals surface area (Å²) in [7, 11) is 0. The van der Waals surface area contributed by atoms with E-state index in [1.165, 1.54) is 4.88 Å². The second-order valence-corrected chi connectivity index (χ2v) is 5.11. The summed E-state index contributed by atoms with van der Waals surface area (Å²) in [6.07, 6.45) is 0. The van der Waals surface area contributed by atoms with Gasteiger partial charge in [0.1, 0.15) is 10.4 Å². The highest BCUT2D eigenvalue weighted by molar-refractivity contribution is 9.10. The molecule has 2 aromatic rings. The Balaban J connectivity index is 2.15. The third-order valence-corrected chi connectivity index (χ3v) is 3.49. The number of rotatable bonds is 3. The van der Waals surface area contributed by atoms with E-state index in [4.69, 9.17) is 5.73 Å². The third kappa shape index (κ3) is 2.70. The van der Waals surface area contributed by atoms with Gasteiger partial charge in [-0.05, 0) is 34.3 Å². The smallest absolute Gasteiger partial charge is 0.226 e. The molecule has 0 amide bonds. The van der Waals surface area contributed by atoms with Gasteiger partial charge in [-0.25, -0.2) is 4.98 Å². The number of hydrogen-bond donors (Lipinski definition) is 2. The summed E-state index contributed by atoms with van der Waals surface area (Å²) in [4.78, 5) is 9.56. The van der Waals surface area contributed by atoms with Gasteiger partial charge in [-0.1, -0.05) is 6.07 Å². The van der Waals surface area contributed by atoms with Gasteiger partial charge in [0, 0.05) is 10.9 Å². The Kier molecular flexibility index (Phi) is 3.40. The second kappa shape index (κ2) is 4.80. The Labute approximate surface area is 106 Å². The van der Waals surface area contributed by atoms with Gasteiger partial charge < -0.3 is 11.1 Å². The number of halogens is 1. The SMILES string of the molecule is CC(Nc1nc(N)cc(Br)n1)c1cccs1. The molecule has 0 aromatic carbocycles. The van der Waals surface area contributed by atoms with E-state index >= 15 is 0 Å². The van der Waals surface area contributed by atoms with Gasteiger partial charge in [-0.2, -0.15) is 4.98 Å². The zero-order valence-corrected chi connectivity index (χ0v) is 11.0. The molecule has 0 aliphatic carbocycles. The van der Waals surface area contributed by atoms with Crippen molar-refractivity contribution in [3.05, 3.63) is 33.1 Å². The van der Waals surface area contributed by atoms with Gasteiger partial charge in [-0.3, -0.25) is 0 Å². The largest absolute Gasteiger partial charge is 0.383 e. The Hall–Kier alpha value is -1.14. The van der Waals surface area contributed by atoms with Gasteiger partial charge >= 0.3 is 0 Å². The van der Waals surface area contributed by atoms with Crippen LogP contribution in [0.4, 0.5) is 11.8 Å². The fourth-order valence-corrected chi connectivity index (χ4v) is 2.44. The molecule has 0 aliphatic rings. The van der Waals surface area contributed by atoms with E-state index in [1.807, 2.05) is 11.4 Å². The van der Waals surface area contributed by atoms with E-state index in [9.17, 15) is 0 Å². The molecule has 0 bridgehead atoms. The van der Waals surface area contributed by atoms with E-state index in [2.05, 4.69) is 44.2 Å².